The van der Waals surface area contributed by atoms with E-state index in [0.717, 1.165) is 12.0 Å². The van der Waals surface area contributed by atoms with Crippen molar-refractivity contribution in [3.8, 4) is 5.75 Å². The van der Waals surface area contributed by atoms with Gasteiger partial charge in [0.25, 0.3) is 5.91 Å². The van der Waals surface area contributed by atoms with Crippen LogP contribution < -0.4 is 15.8 Å². The number of nitrogens with one attached hydrogen (secondary N) is 1. The molecule has 0 saturated heterocycles. The lowest BCUT2D eigenvalue weighted by Gasteiger charge is -2.23. The van der Waals surface area contributed by atoms with E-state index in [-0.39, 0.29) is 11.8 Å². The summed E-state index contributed by atoms with van der Waals surface area (Å²) in [5, 5.41) is 2.69. The van der Waals surface area contributed by atoms with Gasteiger partial charge in [0.2, 0.25) is 5.91 Å². The second kappa shape index (κ2) is 8.56. The summed E-state index contributed by atoms with van der Waals surface area (Å²) in [7, 11) is 0. The third-order valence-corrected chi connectivity index (χ3v) is 4.02. The van der Waals surface area contributed by atoms with Crippen molar-refractivity contribution < 1.29 is 14.3 Å². The fraction of sp³-hybridized carbons (Fsp3) is 0.556. The Morgan fingerprint density at radius 1 is 1.22 bits per heavy atom. The minimum Gasteiger partial charge on any atom is -0.481 e. The first kappa shape index (κ1) is 19.0. The van der Waals surface area contributed by atoms with Crippen LogP contribution in [-0.4, -0.2) is 24.0 Å². The van der Waals surface area contributed by atoms with Crippen LogP contribution in [0.2, 0.25) is 0 Å². The average molecular weight is 320 g/mol. The maximum atomic E-state index is 12.3. The van der Waals surface area contributed by atoms with E-state index in [0.29, 0.717) is 11.7 Å². The molecule has 1 aromatic carbocycles. The molecule has 0 spiro atoms. The second-order valence-electron chi connectivity index (χ2n) is 6.26. The Kier molecular flexibility index (Phi) is 7.07. The van der Waals surface area contributed by atoms with Gasteiger partial charge in [-0.2, -0.15) is 0 Å². The number of hydrogen-bond acceptors (Lipinski definition) is 3. The van der Waals surface area contributed by atoms with Gasteiger partial charge in [0.1, 0.15) is 11.8 Å². The lowest BCUT2D eigenvalue weighted by atomic mass is 9.98. The van der Waals surface area contributed by atoms with Crippen molar-refractivity contribution in [1.29, 1.82) is 0 Å². The van der Waals surface area contributed by atoms with E-state index in [1.807, 2.05) is 38.1 Å². The smallest absolute Gasteiger partial charge is 0.261 e. The predicted octanol–water partition coefficient (Wildman–Crippen LogP) is 2.59. The van der Waals surface area contributed by atoms with Gasteiger partial charge in [0.05, 0.1) is 0 Å². The Hall–Kier alpha value is -2.04. The molecule has 0 aromatic heterocycles. The summed E-state index contributed by atoms with van der Waals surface area (Å²) in [6, 6.07) is 6.99. The van der Waals surface area contributed by atoms with Crippen LogP contribution in [0.3, 0.4) is 0 Å². The molecule has 0 saturated carbocycles. The highest BCUT2D eigenvalue weighted by molar-refractivity contribution is 5.88. The van der Waals surface area contributed by atoms with Crippen molar-refractivity contribution in [2.24, 2.45) is 11.7 Å². The van der Waals surface area contributed by atoms with Crippen LogP contribution in [0.15, 0.2) is 24.3 Å². The predicted molar refractivity (Wildman–Crippen MR) is 91.2 cm³/mol. The minimum atomic E-state index is -0.705. The normalized spacial score (nSPS) is 14.9. The zero-order valence-corrected chi connectivity index (χ0v) is 14.6. The molecule has 3 unspecified atom stereocenters. The molecule has 3 N–H and O–H groups in total. The average Bonchev–Trinajstić information content (AvgIpc) is 2.51. The van der Waals surface area contributed by atoms with Crippen molar-refractivity contribution in [2.45, 2.75) is 59.1 Å². The van der Waals surface area contributed by atoms with Gasteiger partial charge in [-0.1, -0.05) is 46.2 Å². The molecule has 0 bridgehead atoms. The molecule has 0 aliphatic heterocycles. The molecule has 23 heavy (non-hydrogen) atoms. The molecule has 1 rings (SSSR count). The number of primary amides is 1. The van der Waals surface area contributed by atoms with E-state index in [2.05, 4.69) is 19.2 Å². The van der Waals surface area contributed by atoms with Gasteiger partial charge in [-0.25, -0.2) is 0 Å². The zero-order valence-electron chi connectivity index (χ0n) is 14.6. The SMILES string of the molecule is CCC(C)C(NC(=O)C(C)Oc1cccc(C(C)C)c1)C(N)=O. The van der Waals surface area contributed by atoms with Gasteiger partial charge in [-0.3, -0.25) is 9.59 Å². The summed E-state index contributed by atoms with van der Waals surface area (Å²) in [6.07, 6.45) is 0.0443. The molecule has 3 atom stereocenters. The van der Waals surface area contributed by atoms with Crippen molar-refractivity contribution in [3.63, 3.8) is 0 Å². The molecule has 0 radical (unpaired) electrons. The van der Waals surface area contributed by atoms with Gasteiger partial charge < -0.3 is 15.8 Å². The number of nitrogens with two attached hydrogens (primary N) is 1. The Bertz CT molecular complexity index is 543. The van der Waals surface area contributed by atoms with Gasteiger partial charge in [0, 0.05) is 0 Å². The minimum absolute atomic E-state index is 0.0204. The second-order valence-corrected chi connectivity index (χ2v) is 6.26. The summed E-state index contributed by atoms with van der Waals surface area (Å²) in [5.74, 6) is 0.129. The number of carbonyl (C=O) groups is 2. The van der Waals surface area contributed by atoms with Gasteiger partial charge in [-0.15, -0.1) is 0 Å². The highest BCUT2D eigenvalue weighted by Gasteiger charge is 2.26. The van der Waals surface area contributed by atoms with Crippen LogP contribution in [-0.2, 0) is 9.59 Å². The van der Waals surface area contributed by atoms with Crippen molar-refractivity contribution in [2.75, 3.05) is 0 Å². The van der Waals surface area contributed by atoms with Crippen LogP contribution in [0.5, 0.6) is 5.75 Å². The van der Waals surface area contributed by atoms with Gasteiger partial charge in [0.15, 0.2) is 6.10 Å². The maximum absolute atomic E-state index is 12.3. The third-order valence-electron chi connectivity index (χ3n) is 4.02. The lowest BCUT2D eigenvalue weighted by molar-refractivity contribution is -0.132. The molecule has 1 aromatic rings. The number of carbonyl (C=O) groups excluding carboxylic acids is 2. The van der Waals surface area contributed by atoms with Gasteiger partial charge >= 0.3 is 0 Å². The van der Waals surface area contributed by atoms with Crippen LogP contribution in [0.4, 0.5) is 0 Å². The van der Waals surface area contributed by atoms with Crippen LogP contribution in [0.1, 0.15) is 52.5 Å². The summed E-state index contributed by atoms with van der Waals surface area (Å²) in [4.78, 5) is 23.8. The molecule has 0 fully saturated rings. The standard InChI is InChI=1S/C18H28N2O3/c1-6-12(4)16(17(19)21)20-18(22)13(5)23-15-9-7-8-14(10-15)11(2)3/h7-13,16H,6H2,1-5H3,(H2,19,21)(H,20,22). The number of hydrogen-bond donors (Lipinski definition) is 2. The Labute approximate surface area is 138 Å². The molecular formula is C18H28N2O3. The first-order chi connectivity index (χ1) is 10.8. The van der Waals surface area contributed by atoms with Crippen molar-refractivity contribution in [1.82, 2.24) is 5.32 Å². The highest BCUT2D eigenvalue weighted by atomic mass is 16.5. The number of rotatable bonds is 8. The molecular weight excluding hydrogens is 292 g/mol. The zero-order chi connectivity index (χ0) is 17.6. The number of benzene rings is 1. The number of amides is 2. The quantitative estimate of drug-likeness (QED) is 0.772. The van der Waals surface area contributed by atoms with Crippen LogP contribution in [0, 0.1) is 5.92 Å². The van der Waals surface area contributed by atoms with Crippen molar-refractivity contribution in [3.05, 3.63) is 29.8 Å². The third kappa shape index (κ3) is 5.58. The topological polar surface area (TPSA) is 81.4 Å². The van der Waals surface area contributed by atoms with E-state index in [1.54, 1.807) is 6.92 Å². The lowest BCUT2D eigenvalue weighted by Crippen LogP contribution is -2.51. The van der Waals surface area contributed by atoms with E-state index in [4.69, 9.17) is 10.5 Å². The highest BCUT2D eigenvalue weighted by Crippen LogP contribution is 2.21. The first-order valence-corrected chi connectivity index (χ1v) is 8.12. The van der Waals surface area contributed by atoms with E-state index < -0.39 is 18.1 Å². The monoisotopic (exact) mass is 320 g/mol. The molecule has 128 valence electrons. The first-order valence-electron chi connectivity index (χ1n) is 8.12. The molecule has 0 heterocycles. The fourth-order valence-corrected chi connectivity index (χ4v) is 2.20. The van der Waals surface area contributed by atoms with E-state index in [1.165, 1.54) is 0 Å². The van der Waals surface area contributed by atoms with Crippen molar-refractivity contribution >= 4 is 11.8 Å². The molecule has 5 nitrogen and oxygen atoms in total. The summed E-state index contributed by atoms with van der Waals surface area (Å²) in [6.45, 7) is 9.68. The molecule has 5 heteroatoms. The van der Waals surface area contributed by atoms with E-state index in [9.17, 15) is 9.59 Å². The molecule has 0 aliphatic rings. The largest absolute Gasteiger partial charge is 0.481 e. The molecule has 0 aliphatic carbocycles. The maximum Gasteiger partial charge on any atom is 0.261 e. The fourth-order valence-electron chi connectivity index (χ4n) is 2.20. The molecule has 2 amide bonds. The van der Waals surface area contributed by atoms with Gasteiger partial charge in [-0.05, 0) is 36.5 Å². The summed E-state index contributed by atoms with van der Waals surface area (Å²) in [5.41, 5.74) is 6.52. The Morgan fingerprint density at radius 3 is 2.39 bits per heavy atom. The Morgan fingerprint density at radius 2 is 1.87 bits per heavy atom. The van der Waals surface area contributed by atoms with Crippen LogP contribution in [0.25, 0.3) is 0 Å². The number of ether oxygens (including phenoxy) is 1. The summed E-state index contributed by atoms with van der Waals surface area (Å²) >= 11 is 0. The van der Waals surface area contributed by atoms with Crippen LogP contribution >= 0.6 is 0 Å². The Balaban J connectivity index is 2.73. The van der Waals surface area contributed by atoms with E-state index >= 15 is 0 Å². The summed E-state index contributed by atoms with van der Waals surface area (Å²) < 4.78 is 5.70.